The Morgan fingerprint density at radius 2 is 2.17 bits per heavy atom. The summed E-state index contributed by atoms with van der Waals surface area (Å²) >= 11 is 1.26. The predicted molar refractivity (Wildman–Crippen MR) is 73.1 cm³/mol. The summed E-state index contributed by atoms with van der Waals surface area (Å²) in [5.41, 5.74) is 1.04. The Morgan fingerprint density at radius 1 is 1.56 bits per heavy atom. The molecule has 0 aliphatic rings. The first-order valence-corrected chi connectivity index (χ1v) is 6.77. The Hall–Kier alpha value is -1.01. The van der Waals surface area contributed by atoms with E-state index in [1.165, 1.54) is 11.8 Å². The first-order chi connectivity index (χ1) is 8.24. The monoisotopic (exact) mass is 271 g/mol. The molecule has 1 rings (SSSR count). The first-order valence-electron chi connectivity index (χ1n) is 5.78. The molecule has 0 radical (unpaired) electrons. The summed E-state index contributed by atoms with van der Waals surface area (Å²) in [7, 11) is 4.08. The second kappa shape index (κ2) is 5.75. The molecule has 1 N–H and O–H groups in total. The molecule has 0 fully saturated rings. The number of nitrogens with zero attached hydrogens (tertiary/aromatic N) is 3. The van der Waals surface area contributed by atoms with Gasteiger partial charge in [0.15, 0.2) is 5.16 Å². The van der Waals surface area contributed by atoms with Gasteiger partial charge in [-0.1, -0.05) is 11.8 Å². The highest BCUT2D eigenvalue weighted by atomic mass is 32.2. The molecule has 18 heavy (non-hydrogen) atoms. The molecule has 0 saturated carbocycles. The number of imidazole rings is 1. The Bertz CT molecular complexity index is 427. The Labute approximate surface area is 112 Å². The van der Waals surface area contributed by atoms with Crippen LogP contribution in [-0.4, -0.2) is 50.9 Å². The van der Waals surface area contributed by atoms with Crippen molar-refractivity contribution in [2.24, 2.45) is 0 Å². The molecule has 6 heteroatoms. The SMILES string of the molecule is Cc1cnc(SCC(=O)O)n1CC(C)(C)N(C)C. The van der Waals surface area contributed by atoms with Gasteiger partial charge in [0.05, 0.1) is 5.75 Å². The fourth-order valence-electron chi connectivity index (χ4n) is 1.40. The molecule has 0 aliphatic carbocycles. The largest absolute Gasteiger partial charge is 0.481 e. The van der Waals surface area contributed by atoms with Crippen LogP contribution < -0.4 is 0 Å². The number of carboxylic acid groups (broad SMARTS) is 1. The molecule has 0 atom stereocenters. The minimum atomic E-state index is -0.820. The Kier molecular flexibility index (Phi) is 4.81. The molecular weight excluding hydrogens is 250 g/mol. The van der Waals surface area contributed by atoms with Crippen LogP contribution in [0.1, 0.15) is 19.5 Å². The number of carbonyl (C=O) groups is 1. The van der Waals surface area contributed by atoms with Crippen LogP contribution >= 0.6 is 11.8 Å². The lowest BCUT2D eigenvalue weighted by molar-refractivity contribution is -0.133. The molecule has 0 spiro atoms. The topological polar surface area (TPSA) is 58.4 Å². The zero-order valence-electron chi connectivity index (χ0n) is 11.6. The summed E-state index contributed by atoms with van der Waals surface area (Å²) in [5, 5.41) is 9.50. The lowest BCUT2D eigenvalue weighted by Gasteiger charge is -2.33. The summed E-state index contributed by atoms with van der Waals surface area (Å²) in [5.74, 6) is -0.780. The molecule has 0 saturated heterocycles. The number of rotatable bonds is 6. The zero-order valence-corrected chi connectivity index (χ0v) is 12.4. The first kappa shape index (κ1) is 15.0. The molecule has 0 bridgehead atoms. The van der Waals surface area contributed by atoms with Crippen LogP contribution in [0.3, 0.4) is 0 Å². The van der Waals surface area contributed by atoms with Gasteiger partial charge in [-0.05, 0) is 34.9 Å². The fourth-order valence-corrected chi connectivity index (χ4v) is 2.15. The van der Waals surface area contributed by atoms with Crippen molar-refractivity contribution < 1.29 is 9.90 Å². The molecule has 0 aromatic carbocycles. The number of carboxylic acids is 1. The minimum absolute atomic E-state index is 0.00993. The number of likely N-dealkylation sites (N-methyl/N-ethyl adjacent to an activating group) is 1. The van der Waals surface area contributed by atoms with Crippen molar-refractivity contribution in [2.75, 3.05) is 19.8 Å². The van der Waals surface area contributed by atoms with Gasteiger partial charge in [0.2, 0.25) is 0 Å². The minimum Gasteiger partial charge on any atom is -0.481 e. The van der Waals surface area contributed by atoms with E-state index >= 15 is 0 Å². The van der Waals surface area contributed by atoms with E-state index in [0.29, 0.717) is 0 Å². The van der Waals surface area contributed by atoms with Crippen molar-refractivity contribution in [2.45, 2.75) is 38.0 Å². The smallest absolute Gasteiger partial charge is 0.313 e. The number of thioether (sulfide) groups is 1. The van der Waals surface area contributed by atoms with Crippen molar-refractivity contribution in [1.82, 2.24) is 14.5 Å². The van der Waals surface area contributed by atoms with Crippen LogP contribution in [0.5, 0.6) is 0 Å². The highest BCUT2D eigenvalue weighted by Crippen LogP contribution is 2.22. The van der Waals surface area contributed by atoms with Gasteiger partial charge in [-0.3, -0.25) is 4.79 Å². The van der Waals surface area contributed by atoms with Gasteiger partial charge in [-0.25, -0.2) is 4.98 Å². The molecule has 1 aromatic heterocycles. The van der Waals surface area contributed by atoms with E-state index in [4.69, 9.17) is 5.11 Å². The van der Waals surface area contributed by atoms with E-state index in [2.05, 4.69) is 28.3 Å². The second-order valence-corrected chi connectivity index (χ2v) is 6.10. The zero-order chi connectivity index (χ0) is 13.9. The highest BCUT2D eigenvalue weighted by Gasteiger charge is 2.23. The third kappa shape index (κ3) is 3.74. The van der Waals surface area contributed by atoms with Crippen LogP contribution in [0.25, 0.3) is 0 Å². The maximum atomic E-state index is 10.6. The van der Waals surface area contributed by atoms with Crippen molar-refractivity contribution in [1.29, 1.82) is 0 Å². The van der Waals surface area contributed by atoms with Crippen molar-refractivity contribution in [3.63, 3.8) is 0 Å². The summed E-state index contributed by atoms with van der Waals surface area (Å²) in [6.07, 6.45) is 1.79. The summed E-state index contributed by atoms with van der Waals surface area (Å²) in [6.45, 7) is 7.08. The van der Waals surface area contributed by atoms with Crippen molar-refractivity contribution >= 4 is 17.7 Å². The van der Waals surface area contributed by atoms with Crippen LogP contribution in [0, 0.1) is 6.92 Å². The number of aliphatic carboxylic acids is 1. The lowest BCUT2D eigenvalue weighted by atomic mass is 10.0. The average molecular weight is 271 g/mol. The van der Waals surface area contributed by atoms with Crippen LogP contribution in [0.2, 0.25) is 0 Å². The Morgan fingerprint density at radius 3 is 2.67 bits per heavy atom. The molecule has 5 nitrogen and oxygen atoms in total. The van der Waals surface area contributed by atoms with Gasteiger partial charge in [-0.2, -0.15) is 0 Å². The van der Waals surface area contributed by atoms with Crippen LogP contribution in [-0.2, 0) is 11.3 Å². The number of aryl methyl sites for hydroxylation is 1. The second-order valence-electron chi connectivity index (χ2n) is 5.16. The van der Waals surface area contributed by atoms with Gasteiger partial charge in [-0.15, -0.1) is 0 Å². The molecule has 1 aromatic rings. The highest BCUT2D eigenvalue weighted by molar-refractivity contribution is 7.99. The van der Waals surface area contributed by atoms with E-state index in [0.717, 1.165) is 17.4 Å². The van der Waals surface area contributed by atoms with Gasteiger partial charge in [0.25, 0.3) is 0 Å². The van der Waals surface area contributed by atoms with Crippen molar-refractivity contribution in [3.05, 3.63) is 11.9 Å². The predicted octanol–water partition coefficient (Wildman–Crippen LogP) is 1.71. The average Bonchev–Trinajstić information content (AvgIpc) is 2.57. The van der Waals surface area contributed by atoms with E-state index in [-0.39, 0.29) is 11.3 Å². The maximum Gasteiger partial charge on any atom is 0.313 e. The molecular formula is C12H21N3O2S. The van der Waals surface area contributed by atoms with Crippen LogP contribution in [0.4, 0.5) is 0 Å². The fraction of sp³-hybridized carbons (Fsp3) is 0.667. The summed E-state index contributed by atoms with van der Waals surface area (Å²) < 4.78 is 2.08. The van der Waals surface area contributed by atoms with E-state index in [1.54, 1.807) is 6.20 Å². The third-order valence-corrected chi connectivity index (χ3v) is 4.07. The quantitative estimate of drug-likeness (QED) is 0.798. The Balaban J connectivity index is 2.87. The lowest BCUT2D eigenvalue weighted by Crippen LogP contribution is -2.42. The molecule has 0 aliphatic heterocycles. The maximum absolute atomic E-state index is 10.6. The number of aromatic nitrogens is 2. The van der Waals surface area contributed by atoms with Gasteiger partial charge >= 0.3 is 5.97 Å². The molecule has 0 amide bonds. The van der Waals surface area contributed by atoms with Gasteiger partial charge in [0.1, 0.15) is 0 Å². The number of hydrogen-bond acceptors (Lipinski definition) is 4. The standard InChI is InChI=1S/C12H21N3O2S/c1-9-6-13-11(18-7-10(16)17)15(9)8-12(2,3)14(4)5/h6H,7-8H2,1-5H3,(H,16,17). The molecule has 102 valence electrons. The molecule has 1 heterocycles. The summed E-state index contributed by atoms with van der Waals surface area (Å²) in [6, 6.07) is 0. The van der Waals surface area contributed by atoms with Crippen molar-refractivity contribution in [3.8, 4) is 0 Å². The van der Waals surface area contributed by atoms with Gasteiger partial charge < -0.3 is 14.6 Å². The van der Waals surface area contributed by atoms with E-state index < -0.39 is 5.97 Å². The number of hydrogen-bond donors (Lipinski definition) is 1. The van der Waals surface area contributed by atoms with E-state index in [1.807, 2.05) is 21.0 Å². The van der Waals surface area contributed by atoms with Gasteiger partial charge in [0, 0.05) is 24.0 Å². The van der Waals surface area contributed by atoms with Crippen LogP contribution in [0.15, 0.2) is 11.4 Å². The third-order valence-electron chi connectivity index (χ3n) is 3.10. The summed E-state index contributed by atoms with van der Waals surface area (Å²) in [4.78, 5) is 17.0. The normalized spacial score (nSPS) is 12.1. The van der Waals surface area contributed by atoms with E-state index in [9.17, 15) is 4.79 Å². The molecule has 0 unspecified atom stereocenters.